The minimum absolute atomic E-state index is 0.307. The summed E-state index contributed by atoms with van der Waals surface area (Å²) in [5, 5.41) is 0. The summed E-state index contributed by atoms with van der Waals surface area (Å²) in [6, 6.07) is 0. The van der Waals surface area contributed by atoms with E-state index in [9.17, 15) is 0 Å². The summed E-state index contributed by atoms with van der Waals surface area (Å²) in [7, 11) is 1.53. The molecule has 0 radical (unpaired) electrons. The van der Waals surface area contributed by atoms with Crippen molar-refractivity contribution in [3.05, 3.63) is 6.33 Å². The molecule has 16 heavy (non-hydrogen) atoms. The van der Waals surface area contributed by atoms with Gasteiger partial charge >= 0.3 is 0 Å². The van der Waals surface area contributed by atoms with Gasteiger partial charge < -0.3 is 15.2 Å². The summed E-state index contributed by atoms with van der Waals surface area (Å²) in [6.07, 6.45) is 6.00. The van der Waals surface area contributed by atoms with Crippen molar-refractivity contribution in [3.8, 4) is 11.6 Å². The Morgan fingerprint density at radius 3 is 2.75 bits per heavy atom. The van der Waals surface area contributed by atoms with Gasteiger partial charge in [0.15, 0.2) is 5.82 Å². The van der Waals surface area contributed by atoms with E-state index < -0.39 is 0 Å². The van der Waals surface area contributed by atoms with Gasteiger partial charge in [0.2, 0.25) is 5.75 Å². The van der Waals surface area contributed by atoms with Crippen molar-refractivity contribution in [2.75, 3.05) is 19.5 Å². The van der Waals surface area contributed by atoms with Gasteiger partial charge in [0.25, 0.3) is 5.88 Å². The molecule has 1 rings (SSSR count). The van der Waals surface area contributed by atoms with Crippen molar-refractivity contribution in [3.63, 3.8) is 0 Å². The summed E-state index contributed by atoms with van der Waals surface area (Å²) in [4.78, 5) is 7.82. The molecule has 0 unspecified atom stereocenters. The number of rotatable bonds is 7. The topological polar surface area (TPSA) is 70.3 Å². The maximum Gasteiger partial charge on any atom is 0.262 e. The van der Waals surface area contributed by atoms with Gasteiger partial charge in [0.1, 0.15) is 6.33 Å². The fourth-order valence-electron chi connectivity index (χ4n) is 1.36. The molecule has 1 aromatic rings. The first-order chi connectivity index (χ1) is 7.79. The molecule has 0 aliphatic carbocycles. The summed E-state index contributed by atoms with van der Waals surface area (Å²) in [6.45, 7) is 2.81. The second-order valence-corrected chi connectivity index (χ2v) is 3.51. The van der Waals surface area contributed by atoms with E-state index in [0.29, 0.717) is 24.1 Å². The van der Waals surface area contributed by atoms with Crippen LogP contribution in [0.25, 0.3) is 0 Å². The molecule has 0 spiro atoms. The number of ether oxygens (including phenoxy) is 2. The van der Waals surface area contributed by atoms with Crippen LogP contribution in [0.15, 0.2) is 6.33 Å². The lowest BCUT2D eigenvalue weighted by atomic mass is 10.2. The second-order valence-electron chi connectivity index (χ2n) is 3.51. The highest BCUT2D eigenvalue weighted by Gasteiger charge is 2.10. The number of anilines is 1. The fourth-order valence-corrected chi connectivity index (χ4v) is 1.36. The Balaban J connectivity index is 2.44. The lowest BCUT2D eigenvalue weighted by molar-refractivity contribution is 0.273. The van der Waals surface area contributed by atoms with E-state index >= 15 is 0 Å². The predicted octanol–water partition coefficient (Wildman–Crippen LogP) is 2.03. The van der Waals surface area contributed by atoms with E-state index in [4.69, 9.17) is 15.2 Å². The second kappa shape index (κ2) is 6.87. The third-order valence-electron chi connectivity index (χ3n) is 2.24. The molecule has 0 saturated heterocycles. The average Bonchev–Trinajstić information content (AvgIpc) is 2.29. The number of methoxy groups -OCH3 is 1. The number of hydrogen-bond acceptors (Lipinski definition) is 5. The lowest BCUT2D eigenvalue weighted by Gasteiger charge is -2.09. The Labute approximate surface area is 96.0 Å². The van der Waals surface area contributed by atoms with E-state index in [1.54, 1.807) is 0 Å². The highest BCUT2D eigenvalue weighted by atomic mass is 16.5. The minimum Gasteiger partial charge on any atom is -0.489 e. The van der Waals surface area contributed by atoms with Gasteiger partial charge in [0, 0.05) is 0 Å². The number of aromatic nitrogens is 2. The van der Waals surface area contributed by atoms with Gasteiger partial charge in [-0.2, -0.15) is 4.98 Å². The zero-order valence-electron chi connectivity index (χ0n) is 9.90. The first-order valence-electron chi connectivity index (χ1n) is 5.56. The average molecular weight is 225 g/mol. The van der Waals surface area contributed by atoms with Crippen molar-refractivity contribution < 1.29 is 9.47 Å². The molecule has 1 aromatic heterocycles. The molecule has 90 valence electrons. The molecule has 1 heterocycles. The molecule has 0 atom stereocenters. The highest BCUT2D eigenvalue weighted by molar-refractivity contribution is 5.51. The molecule has 0 bridgehead atoms. The molecule has 0 fully saturated rings. The van der Waals surface area contributed by atoms with E-state index in [1.807, 2.05) is 0 Å². The standard InChI is InChI=1S/C11H19N3O2/c1-3-4-5-6-7-16-11-9(15-2)10(12)13-8-14-11/h8H,3-7H2,1-2H3,(H2,12,13,14). The Kier molecular flexibility index (Phi) is 5.39. The number of nitrogen functional groups attached to an aromatic ring is 1. The largest absolute Gasteiger partial charge is 0.489 e. The maximum absolute atomic E-state index is 5.63. The van der Waals surface area contributed by atoms with E-state index in [-0.39, 0.29) is 0 Å². The van der Waals surface area contributed by atoms with E-state index in [2.05, 4.69) is 16.9 Å². The first kappa shape index (κ1) is 12.5. The maximum atomic E-state index is 5.63. The van der Waals surface area contributed by atoms with Crippen molar-refractivity contribution in [2.24, 2.45) is 0 Å². The summed E-state index contributed by atoms with van der Waals surface area (Å²) < 4.78 is 10.6. The Morgan fingerprint density at radius 2 is 2.06 bits per heavy atom. The van der Waals surface area contributed by atoms with Gasteiger partial charge in [-0.05, 0) is 6.42 Å². The zero-order chi connectivity index (χ0) is 11.8. The highest BCUT2D eigenvalue weighted by Crippen LogP contribution is 2.28. The lowest BCUT2D eigenvalue weighted by Crippen LogP contribution is -2.04. The van der Waals surface area contributed by atoms with Gasteiger partial charge in [-0.25, -0.2) is 4.98 Å². The molecule has 0 aliphatic heterocycles. The Morgan fingerprint density at radius 1 is 1.25 bits per heavy atom. The Hall–Kier alpha value is -1.52. The first-order valence-corrected chi connectivity index (χ1v) is 5.56. The molecular formula is C11H19N3O2. The molecule has 5 nitrogen and oxygen atoms in total. The van der Waals surface area contributed by atoms with Crippen LogP contribution in [0.3, 0.4) is 0 Å². The van der Waals surface area contributed by atoms with E-state index in [1.165, 1.54) is 32.7 Å². The summed E-state index contributed by atoms with van der Waals surface area (Å²) >= 11 is 0. The minimum atomic E-state index is 0.307. The van der Waals surface area contributed by atoms with Crippen molar-refractivity contribution in [2.45, 2.75) is 32.6 Å². The third-order valence-corrected chi connectivity index (χ3v) is 2.24. The molecule has 0 saturated carbocycles. The Bertz CT molecular complexity index is 318. The molecular weight excluding hydrogens is 206 g/mol. The summed E-state index contributed by atoms with van der Waals surface area (Å²) in [5.41, 5.74) is 5.63. The van der Waals surface area contributed by atoms with Crippen LogP contribution in [0.5, 0.6) is 11.6 Å². The van der Waals surface area contributed by atoms with Gasteiger partial charge in [-0.3, -0.25) is 0 Å². The molecule has 0 aliphatic rings. The van der Waals surface area contributed by atoms with Crippen molar-refractivity contribution in [1.82, 2.24) is 9.97 Å². The van der Waals surface area contributed by atoms with Crippen LogP contribution in [-0.2, 0) is 0 Å². The van der Waals surface area contributed by atoms with Crippen molar-refractivity contribution >= 4 is 5.82 Å². The van der Waals surface area contributed by atoms with Crippen LogP contribution in [0.2, 0.25) is 0 Å². The predicted molar refractivity (Wildman–Crippen MR) is 62.6 cm³/mol. The van der Waals surface area contributed by atoms with Crippen LogP contribution >= 0.6 is 0 Å². The van der Waals surface area contributed by atoms with Gasteiger partial charge in [0.05, 0.1) is 13.7 Å². The monoisotopic (exact) mass is 225 g/mol. The molecule has 0 amide bonds. The van der Waals surface area contributed by atoms with Crippen LogP contribution in [-0.4, -0.2) is 23.7 Å². The SMILES string of the molecule is CCCCCCOc1ncnc(N)c1OC. The molecule has 2 N–H and O–H groups in total. The summed E-state index contributed by atoms with van der Waals surface area (Å²) in [5.74, 6) is 1.14. The third kappa shape index (κ3) is 3.56. The smallest absolute Gasteiger partial charge is 0.262 e. The quantitative estimate of drug-likeness (QED) is 0.719. The number of nitrogens with two attached hydrogens (primary N) is 1. The van der Waals surface area contributed by atoms with Crippen molar-refractivity contribution in [1.29, 1.82) is 0 Å². The van der Waals surface area contributed by atoms with Gasteiger partial charge in [-0.15, -0.1) is 0 Å². The molecule has 0 aromatic carbocycles. The van der Waals surface area contributed by atoms with E-state index in [0.717, 1.165) is 6.42 Å². The van der Waals surface area contributed by atoms with Gasteiger partial charge in [-0.1, -0.05) is 26.2 Å². The van der Waals surface area contributed by atoms with Crippen LogP contribution in [0.4, 0.5) is 5.82 Å². The number of unbranched alkanes of at least 4 members (excludes halogenated alkanes) is 3. The number of hydrogen-bond donors (Lipinski definition) is 1. The molecule has 5 heteroatoms. The fraction of sp³-hybridized carbons (Fsp3) is 0.636. The van der Waals surface area contributed by atoms with Crippen LogP contribution in [0, 0.1) is 0 Å². The normalized spacial score (nSPS) is 10.1. The van der Waals surface area contributed by atoms with Crippen LogP contribution in [0.1, 0.15) is 32.6 Å². The number of nitrogens with zero attached hydrogens (tertiary/aromatic N) is 2. The zero-order valence-corrected chi connectivity index (χ0v) is 9.90. The van der Waals surface area contributed by atoms with Crippen LogP contribution < -0.4 is 15.2 Å².